The van der Waals surface area contributed by atoms with Crippen LogP contribution in [0.15, 0.2) is 12.4 Å². The summed E-state index contributed by atoms with van der Waals surface area (Å²) < 4.78 is 5.30. The molecule has 0 bridgehead atoms. The smallest absolute Gasteiger partial charge is 0.237 e. The maximum absolute atomic E-state index is 6.58. The average Bonchev–Trinajstić information content (AvgIpc) is 2.38. The number of nitrogens with two attached hydrogens (primary N) is 1. The van der Waals surface area contributed by atoms with Gasteiger partial charge in [-0.3, -0.25) is 4.98 Å². The minimum Gasteiger partial charge on any atom is -0.480 e. The Hall–Kier alpha value is -1.16. The summed E-state index contributed by atoms with van der Waals surface area (Å²) in [5.74, 6) is 1.30. The first-order valence-corrected chi connectivity index (χ1v) is 7.01. The van der Waals surface area contributed by atoms with E-state index < -0.39 is 0 Å². The van der Waals surface area contributed by atoms with Crippen molar-refractivity contribution in [2.24, 2.45) is 17.1 Å². The Balaban J connectivity index is 2.18. The van der Waals surface area contributed by atoms with Crippen LogP contribution in [-0.4, -0.2) is 17.1 Å². The van der Waals surface area contributed by atoms with Crippen molar-refractivity contribution in [3.8, 4) is 5.88 Å². The highest BCUT2D eigenvalue weighted by Crippen LogP contribution is 2.45. The number of ether oxygens (including phenoxy) is 1. The van der Waals surface area contributed by atoms with Crippen LogP contribution in [0, 0.1) is 11.3 Å². The van der Waals surface area contributed by atoms with Crippen molar-refractivity contribution in [2.45, 2.75) is 52.0 Å². The van der Waals surface area contributed by atoms with E-state index in [0.717, 1.165) is 37.3 Å². The second-order valence-corrected chi connectivity index (χ2v) is 6.71. The molecule has 0 aromatic carbocycles. The van der Waals surface area contributed by atoms with Crippen LogP contribution in [0.2, 0.25) is 0 Å². The molecular weight excluding hydrogens is 238 g/mol. The van der Waals surface area contributed by atoms with E-state index in [1.807, 2.05) is 0 Å². The number of aromatic nitrogens is 2. The van der Waals surface area contributed by atoms with Crippen molar-refractivity contribution in [3.63, 3.8) is 0 Å². The molecule has 19 heavy (non-hydrogen) atoms. The zero-order valence-corrected chi connectivity index (χ0v) is 12.4. The van der Waals surface area contributed by atoms with Crippen LogP contribution >= 0.6 is 0 Å². The van der Waals surface area contributed by atoms with E-state index >= 15 is 0 Å². The number of methoxy groups -OCH3 is 1. The van der Waals surface area contributed by atoms with Gasteiger partial charge < -0.3 is 10.5 Å². The van der Waals surface area contributed by atoms with Gasteiger partial charge in [0.05, 0.1) is 12.6 Å². The molecule has 4 nitrogen and oxygen atoms in total. The molecule has 2 rings (SSSR count). The monoisotopic (exact) mass is 263 g/mol. The Morgan fingerprint density at radius 2 is 1.79 bits per heavy atom. The maximum atomic E-state index is 6.58. The van der Waals surface area contributed by atoms with Crippen LogP contribution in [0.5, 0.6) is 5.88 Å². The lowest BCUT2D eigenvalue weighted by atomic mass is 9.67. The predicted octanol–water partition coefficient (Wildman–Crippen LogP) is 2.88. The molecule has 4 heteroatoms. The molecule has 0 radical (unpaired) electrons. The van der Waals surface area contributed by atoms with Gasteiger partial charge >= 0.3 is 0 Å². The fraction of sp³-hybridized carbons (Fsp3) is 0.733. The van der Waals surface area contributed by atoms with Gasteiger partial charge in [0, 0.05) is 12.4 Å². The highest BCUT2D eigenvalue weighted by atomic mass is 16.5. The third kappa shape index (κ3) is 2.89. The Morgan fingerprint density at radius 1 is 1.21 bits per heavy atom. The van der Waals surface area contributed by atoms with E-state index in [9.17, 15) is 0 Å². The van der Waals surface area contributed by atoms with Crippen molar-refractivity contribution in [2.75, 3.05) is 7.11 Å². The second kappa shape index (κ2) is 5.08. The average molecular weight is 263 g/mol. The predicted molar refractivity (Wildman–Crippen MR) is 75.9 cm³/mol. The molecule has 1 aliphatic carbocycles. The van der Waals surface area contributed by atoms with Gasteiger partial charge in [0.25, 0.3) is 0 Å². The van der Waals surface area contributed by atoms with Gasteiger partial charge in [0.15, 0.2) is 0 Å². The third-order valence-corrected chi connectivity index (χ3v) is 4.43. The minimum absolute atomic E-state index is 0.355. The molecule has 0 unspecified atom stereocenters. The minimum atomic E-state index is -0.388. The van der Waals surface area contributed by atoms with Crippen molar-refractivity contribution < 1.29 is 4.74 Å². The zero-order chi connectivity index (χ0) is 14.1. The fourth-order valence-corrected chi connectivity index (χ4v) is 3.05. The summed E-state index contributed by atoms with van der Waals surface area (Å²) in [5.41, 5.74) is 7.36. The number of nitrogens with zero attached hydrogens (tertiary/aromatic N) is 2. The van der Waals surface area contributed by atoms with Crippen LogP contribution in [0.1, 0.15) is 52.1 Å². The largest absolute Gasteiger partial charge is 0.480 e. The van der Waals surface area contributed by atoms with Gasteiger partial charge in [0.1, 0.15) is 5.69 Å². The highest BCUT2D eigenvalue weighted by Gasteiger charge is 2.40. The van der Waals surface area contributed by atoms with Crippen LogP contribution in [0.3, 0.4) is 0 Å². The molecule has 1 aromatic rings. The van der Waals surface area contributed by atoms with Crippen LogP contribution in [0.4, 0.5) is 0 Å². The van der Waals surface area contributed by atoms with Gasteiger partial charge in [-0.2, -0.15) is 0 Å². The lowest BCUT2D eigenvalue weighted by Crippen LogP contribution is -2.43. The van der Waals surface area contributed by atoms with Crippen molar-refractivity contribution in [1.82, 2.24) is 9.97 Å². The molecule has 0 aliphatic heterocycles. The molecule has 0 spiro atoms. The molecule has 106 valence electrons. The summed E-state index contributed by atoms with van der Waals surface area (Å²) in [7, 11) is 1.62. The van der Waals surface area contributed by atoms with E-state index in [2.05, 4.69) is 30.7 Å². The fourth-order valence-electron chi connectivity index (χ4n) is 3.05. The highest BCUT2D eigenvalue weighted by molar-refractivity contribution is 5.26. The molecule has 1 heterocycles. The molecule has 2 N–H and O–H groups in total. The molecule has 1 fully saturated rings. The Kier molecular flexibility index (Phi) is 3.81. The number of rotatable bonds is 2. The lowest BCUT2D eigenvalue weighted by Gasteiger charge is -2.41. The molecule has 1 aromatic heterocycles. The zero-order valence-electron chi connectivity index (χ0n) is 12.4. The van der Waals surface area contributed by atoms with Gasteiger partial charge in [-0.15, -0.1) is 0 Å². The SMILES string of the molecule is COc1nccnc1C1(N)CCC(C(C)(C)C)CC1. The lowest BCUT2D eigenvalue weighted by molar-refractivity contribution is 0.130. The van der Waals surface area contributed by atoms with Crippen LogP contribution in [-0.2, 0) is 5.54 Å². The Labute approximate surface area is 115 Å². The molecule has 0 atom stereocenters. The van der Waals surface area contributed by atoms with Gasteiger partial charge in [-0.05, 0) is 37.0 Å². The van der Waals surface area contributed by atoms with Gasteiger partial charge in [-0.1, -0.05) is 20.8 Å². The number of hydrogen-bond acceptors (Lipinski definition) is 4. The summed E-state index contributed by atoms with van der Waals surface area (Å²) in [6.45, 7) is 6.93. The summed E-state index contributed by atoms with van der Waals surface area (Å²) in [5, 5.41) is 0. The van der Waals surface area contributed by atoms with Gasteiger partial charge in [-0.25, -0.2) is 4.98 Å². The standard InChI is InChI=1S/C15H25N3O/c1-14(2,3)11-5-7-15(16,8-6-11)12-13(19-4)18-10-9-17-12/h9-11H,5-8,16H2,1-4H3. The first kappa shape index (κ1) is 14.3. The Bertz CT molecular complexity index is 431. The van der Waals surface area contributed by atoms with Gasteiger partial charge in [0.2, 0.25) is 5.88 Å². The molecular formula is C15H25N3O. The Morgan fingerprint density at radius 3 is 2.32 bits per heavy atom. The molecule has 1 saturated carbocycles. The molecule has 1 aliphatic rings. The first-order valence-electron chi connectivity index (χ1n) is 7.01. The summed E-state index contributed by atoms with van der Waals surface area (Å²) in [4.78, 5) is 8.64. The van der Waals surface area contributed by atoms with Crippen LogP contribution in [0.25, 0.3) is 0 Å². The van der Waals surface area contributed by atoms with E-state index in [1.165, 1.54) is 0 Å². The third-order valence-electron chi connectivity index (χ3n) is 4.43. The first-order chi connectivity index (χ1) is 8.87. The molecule has 0 saturated heterocycles. The van der Waals surface area contributed by atoms with E-state index in [4.69, 9.17) is 10.5 Å². The second-order valence-electron chi connectivity index (χ2n) is 6.71. The number of hydrogen-bond donors (Lipinski definition) is 1. The quantitative estimate of drug-likeness (QED) is 0.891. The molecule has 0 amide bonds. The van der Waals surface area contributed by atoms with Crippen LogP contribution < -0.4 is 10.5 Å². The summed E-state index contributed by atoms with van der Waals surface area (Å²) >= 11 is 0. The maximum Gasteiger partial charge on any atom is 0.237 e. The topological polar surface area (TPSA) is 61.0 Å². The normalized spacial score (nSPS) is 28.2. The van der Waals surface area contributed by atoms with E-state index in [0.29, 0.717) is 11.3 Å². The summed E-state index contributed by atoms with van der Waals surface area (Å²) in [6, 6.07) is 0. The van der Waals surface area contributed by atoms with E-state index in [1.54, 1.807) is 19.5 Å². The van der Waals surface area contributed by atoms with Crippen molar-refractivity contribution >= 4 is 0 Å². The van der Waals surface area contributed by atoms with Crippen molar-refractivity contribution in [1.29, 1.82) is 0 Å². The summed E-state index contributed by atoms with van der Waals surface area (Å²) in [6.07, 6.45) is 7.52. The van der Waals surface area contributed by atoms with Crippen molar-refractivity contribution in [3.05, 3.63) is 18.1 Å². The van der Waals surface area contributed by atoms with E-state index in [-0.39, 0.29) is 5.54 Å².